The second-order valence-corrected chi connectivity index (χ2v) is 5.99. The van der Waals surface area contributed by atoms with Crippen LogP contribution >= 0.6 is 23.1 Å². The number of nitrogens with two attached hydrogens (primary N) is 1. The zero-order chi connectivity index (χ0) is 16.5. The van der Waals surface area contributed by atoms with E-state index in [0.29, 0.717) is 11.4 Å². The Morgan fingerprint density at radius 3 is 2.68 bits per heavy atom. The number of thioether (sulfide) groups is 1. The fourth-order valence-electron chi connectivity index (χ4n) is 1.47. The average molecular weight is 338 g/mol. The molecule has 0 unspecified atom stereocenters. The Labute approximate surface area is 137 Å². The van der Waals surface area contributed by atoms with Crippen molar-refractivity contribution >= 4 is 46.4 Å². The van der Waals surface area contributed by atoms with E-state index < -0.39 is 4.92 Å². The molecule has 22 heavy (non-hydrogen) atoms. The number of rotatable bonds is 5. The molecule has 2 aromatic rings. The maximum absolute atomic E-state index is 10.9. The summed E-state index contributed by atoms with van der Waals surface area (Å²) in [4.78, 5) is 11.4. The summed E-state index contributed by atoms with van der Waals surface area (Å²) in [7, 11) is 0. The molecule has 118 valence electrons. The molecule has 0 spiro atoms. The zero-order valence-electron chi connectivity index (χ0n) is 12.6. The molecule has 0 saturated carbocycles. The van der Waals surface area contributed by atoms with E-state index in [2.05, 4.69) is 10.5 Å². The van der Waals surface area contributed by atoms with E-state index in [0.717, 1.165) is 4.88 Å². The van der Waals surface area contributed by atoms with Crippen LogP contribution in [0.4, 0.5) is 17.1 Å². The van der Waals surface area contributed by atoms with E-state index >= 15 is 0 Å². The maximum Gasteiger partial charge on any atom is 0.296 e. The number of hydrogen-bond donors (Lipinski definition) is 2. The molecule has 0 atom stereocenters. The lowest BCUT2D eigenvalue weighted by Crippen LogP contribution is -1.98. The van der Waals surface area contributed by atoms with Crippen LogP contribution in [0.25, 0.3) is 0 Å². The Morgan fingerprint density at radius 1 is 1.36 bits per heavy atom. The van der Waals surface area contributed by atoms with Crippen LogP contribution in [0.5, 0.6) is 0 Å². The summed E-state index contributed by atoms with van der Waals surface area (Å²) in [5.41, 5.74) is 8.75. The molecule has 1 heterocycles. The third-order valence-corrected chi connectivity index (χ3v) is 4.50. The molecule has 0 saturated heterocycles. The van der Waals surface area contributed by atoms with Gasteiger partial charge in [-0.1, -0.05) is 13.8 Å². The van der Waals surface area contributed by atoms with Gasteiger partial charge >= 0.3 is 0 Å². The first-order valence-electron chi connectivity index (χ1n) is 6.57. The molecule has 0 aliphatic heterocycles. The van der Waals surface area contributed by atoms with Crippen molar-refractivity contribution in [3.63, 3.8) is 0 Å². The number of anilines is 2. The summed E-state index contributed by atoms with van der Waals surface area (Å²) >= 11 is 3.26. The largest absolute Gasteiger partial charge is 0.399 e. The SMILES string of the molecule is CC.CSc1ccc(/C=N/Nc2ccc(N)cc2[N+](=O)[O-])s1. The normalized spacial score (nSPS) is 10.1. The lowest BCUT2D eigenvalue weighted by atomic mass is 10.2. The molecule has 0 bridgehead atoms. The van der Waals surface area contributed by atoms with E-state index in [1.54, 1.807) is 35.4 Å². The van der Waals surface area contributed by atoms with Gasteiger partial charge < -0.3 is 5.73 Å². The average Bonchev–Trinajstić information content (AvgIpc) is 2.98. The molecule has 6 nitrogen and oxygen atoms in total. The molecule has 0 amide bonds. The lowest BCUT2D eigenvalue weighted by molar-refractivity contribution is -0.383. The molecule has 8 heteroatoms. The van der Waals surface area contributed by atoms with E-state index in [1.165, 1.54) is 16.3 Å². The minimum atomic E-state index is -0.495. The molecule has 3 N–H and O–H groups in total. The van der Waals surface area contributed by atoms with Crippen LogP contribution in [0.1, 0.15) is 18.7 Å². The Balaban J connectivity index is 0.00000116. The van der Waals surface area contributed by atoms with Gasteiger partial charge in [0.05, 0.1) is 15.3 Å². The van der Waals surface area contributed by atoms with Crippen LogP contribution in [0.3, 0.4) is 0 Å². The van der Waals surface area contributed by atoms with Gasteiger partial charge in [0, 0.05) is 16.6 Å². The zero-order valence-corrected chi connectivity index (χ0v) is 14.2. The van der Waals surface area contributed by atoms with Gasteiger partial charge in [-0.05, 0) is 30.5 Å². The van der Waals surface area contributed by atoms with Crippen molar-refractivity contribution in [2.24, 2.45) is 5.10 Å². The molecule has 0 aliphatic carbocycles. The summed E-state index contributed by atoms with van der Waals surface area (Å²) in [5.74, 6) is 0. The highest BCUT2D eigenvalue weighted by atomic mass is 32.2. The highest BCUT2D eigenvalue weighted by molar-refractivity contribution is 8.00. The van der Waals surface area contributed by atoms with Crippen molar-refractivity contribution in [2.45, 2.75) is 18.1 Å². The number of nitro groups is 1. The maximum atomic E-state index is 10.9. The summed E-state index contributed by atoms with van der Waals surface area (Å²) in [6, 6.07) is 8.37. The molecule has 0 radical (unpaired) electrons. The van der Waals surface area contributed by atoms with Crippen LogP contribution < -0.4 is 11.2 Å². The standard InChI is InChI=1S/C12H12N4O2S2.C2H6/c1-19-12-5-3-9(20-12)7-14-15-10-4-2-8(13)6-11(10)16(17)18;1-2/h2-7,15H,13H2,1H3;1-2H3/b14-7+;. The first kappa shape index (κ1) is 18.0. The third-order valence-electron chi connectivity index (χ3n) is 2.40. The molecule has 0 fully saturated rings. The minimum absolute atomic E-state index is 0.0990. The van der Waals surface area contributed by atoms with Gasteiger partial charge in [-0.15, -0.1) is 23.1 Å². The van der Waals surface area contributed by atoms with Crippen LogP contribution in [0.15, 0.2) is 39.6 Å². The van der Waals surface area contributed by atoms with Crippen molar-refractivity contribution in [3.05, 3.63) is 45.3 Å². The number of nitrogens with one attached hydrogen (secondary N) is 1. The minimum Gasteiger partial charge on any atom is -0.399 e. The van der Waals surface area contributed by atoms with E-state index in [9.17, 15) is 10.1 Å². The fraction of sp³-hybridized carbons (Fsp3) is 0.214. The van der Waals surface area contributed by atoms with Crippen molar-refractivity contribution in [1.29, 1.82) is 0 Å². The van der Waals surface area contributed by atoms with Gasteiger partial charge in [-0.2, -0.15) is 5.10 Å². The van der Waals surface area contributed by atoms with Crippen molar-refractivity contribution in [2.75, 3.05) is 17.4 Å². The summed E-state index contributed by atoms with van der Waals surface area (Å²) in [5, 5.41) is 14.9. The Morgan fingerprint density at radius 2 is 2.09 bits per heavy atom. The summed E-state index contributed by atoms with van der Waals surface area (Å²) in [6.45, 7) is 4.00. The fourth-order valence-corrected chi connectivity index (χ4v) is 2.91. The van der Waals surface area contributed by atoms with E-state index in [4.69, 9.17) is 5.73 Å². The van der Waals surface area contributed by atoms with E-state index in [-0.39, 0.29) is 5.69 Å². The molecule has 1 aromatic carbocycles. The quantitative estimate of drug-likeness (QED) is 0.276. The van der Waals surface area contributed by atoms with Gasteiger partial charge in [-0.3, -0.25) is 15.5 Å². The highest BCUT2D eigenvalue weighted by Gasteiger charge is 2.13. The molecular formula is C14H18N4O2S2. The first-order valence-corrected chi connectivity index (χ1v) is 8.61. The van der Waals surface area contributed by atoms with Gasteiger partial charge in [-0.25, -0.2) is 0 Å². The Bertz CT molecular complexity index is 656. The smallest absolute Gasteiger partial charge is 0.296 e. The number of benzene rings is 1. The monoisotopic (exact) mass is 338 g/mol. The predicted octanol–water partition coefficient (Wildman–Crippen LogP) is 4.43. The predicted molar refractivity (Wildman–Crippen MR) is 96.2 cm³/mol. The first-order chi connectivity index (χ1) is 10.6. The third kappa shape index (κ3) is 5.05. The van der Waals surface area contributed by atoms with E-state index in [1.807, 2.05) is 32.2 Å². The number of nitrogens with zero attached hydrogens (tertiary/aromatic N) is 2. The van der Waals surface area contributed by atoms with Crippen LogP contribution in [0.2, 0.25) is 0 Å². The van der Waals surface area contributed by atoms with Crippen molar-refractivity contribution in [3.8, 4) is 0 Å². The summed E-state index contributed by atoms with van der Waals surface area (Å²) < 4.78 is 1.19. The number of thiophene rings is 1. The van der Waals surface area contributed by atoms with Gasteiger partial charge in [0.15, 0.2) is 0 Å². The summed E-state index contributed by atoms with van der Waals surface area (Å²) in [6.07, 6.45) is 3.63. The van der Waals surface area contributed by atoms with Crippen LogP contribution in [-0.2, 0) is 0 Å². The van der Waals surface area contributed by atoms with Gasteiger partial charge in [0.25, 0.3) is 5.69 Å². The number of nitrogen functional groups attached to an aromatic ring is 1. The lowest BCUT2D eigenvalue weighted by Gasteiger charge is -2.02. The Kier molecular flexibility index (Phi) is 7.41. The molecular weight excluding hydrogens is 320 g/mol. The number of hydrogen-bond acceptors (Lipinski definition) is 7. The topological polar surface area (TPSA) is 93.5 Å². The molecule has 1 aromatic heterocycles. The second kappa shape index (κ2) is 9.06. The van der Waals surface area contributed by atoms with Crippen molar-refractivity contribution < 1.29 is 4.92 Å². The number of hydrazone groups is 1. The van der Waals surface area contributed by atoms with Crippen LogP contribution in [-0.4, -0.2) is 17.4 Å². The van der Waals surface area contributed by atoms with Crippen molar-refractivity contribution in [1.82, 2.24) is 0 Å². The van der Waals surface area contributed by atoms with Crippen LogP contribution in [0, 0.1) is 10.1 Å². The highest BCUT2D eigenvalue weighted by Crippen LogP contribution is 2.27. The second-order valence-electron chi connectivity index (χ2n) is 3.76. The molecule has 0 aliphatic rings. The number of nitro benzene ring substituents is 1. The molecule has 2 rings (SSSR count). The van der Waals surface area contributed by atoms with Gasteiger partial charge in [0.1, 0.15) is 5.69 Å². The Hall–Kier alpha value is -2.06. The van der Waals surface area contributed by atoms with Gasteiger partial charge in [0.2, 0.25) is 0 Å².